The van der Waals surface area contributed by atoms with Crippen LogP contribution in [0.5, 0.6) is 0 Å². The van der Waals surface area contributed by atoms with Crippen molar-refractivity contribution in [3.05, 3.63) is 200 Å². The second kappa shape index (κ2) is 13.1. The molecule has 3 heteroatoms. The minimum absolute atomic E-state index is 1.12. The molecule has 0 unspecified atom stereocenters. The van der Waals surface area contributed by atoms with Gasteiger partial charge in [0.2, 0.25) is 0 Å². The average Bonchev–Trinajstić information content (AvgIpc) is 3.84. The molecule has 11 aromatic rings. The Morgan fingerprint density at radius 2 is 0.909 bits per heavy atom. The Morgan fingerprint density at radius 1 is 0.309 bits per heavy atom. The molecule has 0 bridgehead atoms. The summed E-state index contributed by atoms with van der Waals surface area (Å²) in [4.78, 5) is 2.46. The zero-order valence-corrected chi connectivity index (χ0v) is 31.4. The summed E-state index contributed by atoms with van der Waals surface area (Å²) in [6.45, 7) is 0. The molecular weight excluding hydrogens is 703 g/mol. The summed E-state index contributed by atoms with van der Waals surface area (Å²) in [6, 6.07) is 73.3. The van der Waals surface area contributed by atoms with Gasteiger partial charge in [0.05, 0.1) is 10.4 Å². The maximum absolute atomic E-state index is 2.46. The Hall–Kier alpha value is -6.52. The summed E-state index contributed by atoms with van der Waals surface area (Å²) in [6.07, 6.45) is 0. The van der Waals surface area contributed by atoms with Gasteiger partial charge in [-0.25, -0.2) is 0 Å². The fourth-order valence-corrected chi connectivity index (χ4v) is 10.8. The van der Waals surface area contributed by atoms with Gasteiger partial charge in [-0.05, 0) is 86.6 Å². The van der Waals surface area contributed by atoms with Crippen molar-refractivity contribution in [2.24, 2.45) is 0 Å². The van der Waals surface area contributed by atoms with Crippen molar-refractivity contribution in [2.75, 3.05) is 4.90 Å². The van der Waals surface area contributed by atoms with E-state index in [0.717, 1.165) is 11.4 Å². The third kappa shape index (κ3) is 5.43. The van der Waals surface area contributed by atoms with Gasteiger partial charge in [-0.15, -0.1) is 22.7 Å². The quantitative estimate of drug-likeness (QED) is 0.164. The Labute approximate surface area is 327 Å². The van der Waals surface area contributed by atoms with Crippen LogP contribution in [0.15, 0.2) is 200 Å². The third-order valence-electron chi connectivity index (χ3n) is 10.9. The molecule has 0 aliphatic rings. The number of rotatable bonds is 6. The van der Waals surface area contributed by atoms with Gasteiger partial charge < -0.3 is 4.90 Å². The van der Waals surface area contributed by atoms with Gasteiger partial charge >= 0.3 is 0 Å². The Bertz CT molecular complexity index is 3210. The van der Waals surface area contributed by atoms with E-state index in [0.29, 0.717) is 0 Å². The highest BCUT2D eigenvalue weighted by atomic mass is 32.1. The monoisotopic (exact) mass is 735 g/mol. The second-order valence-electron chi connectivity index (χ2n) is 14.1. The van der Waals surface area contributed by atoms with Crippen LogP contribution in [0.1, 0.15) is 0 Å². The molecule has 11 rings (SSSR count). The lowest BCUT2D eigenvalue weighted by molar-refractivity contribution is 1.30. The predicted octanol–water partition coefficient (Wildman–Crippen LogP) is 16.0. The number of benzene rings is 9. The van der Waals surface area contributed by atoms with E-state index in [1.165, 1.54) is 90.2 Å². The van der Waals surface area contributed by atoms with Gasteiger partial charge in [0, 0.05) is 47.0 Å². The lowest BCUT2D eigenvalue weighted by atomic mass is 10.00. The third-order valence-corrected chi connectivity index (χ3v) is 13.4. The molecule has 0 aliphatic heterocycles. The molecule has 0 aliphatic carbocycles. The highest BCUT2D eigenvalue weighted by Gasteiger charge is 2.20. The van der Waals surface area contributed by atoms with E-state index >= 15 is 0 Å². The standard InChI is InChI=1S/C52H33NS2/c1-2-13-36(14-3-1)42-19-9-22-46-47-23-11-24-48(52(47)55-51(42)46)53(40-30-28-35(29-31-40)38-27-26-34-12-4-5-15-37(34)32-38)41-17-8-16-39(33-41)43-20-10-21-45-44-18-6-7-25-49(44)54-50(43)45/h1-33H. The van der Waals surface area contributed by atoms with E-state index in [1.54, 1.807) is 0 Å². The molecule has 2 heterocycles. The zero-order valence-electron chi connectivity index (χ0n) is 29.8. The van der Waals surface area contributed by atoms with E-state index in [2.05, 4.69) is 205 Å². The number of thiophene rings is 2. The summed E-state index contributed by atoms with van der Waals surface area (Å²) in [5.74, 6) is 0. The predicted molar refractivity (Wildman–Crippen MR) is 241 cm³/mol. The largest absolute Gasteiger partial charge is 0.309 e. The number of nitrogens with zero attached hydrogens (tertiary/aromatic N) is 1. The van der Waals surface area contributed by atoms with Gasteiger partial charge in [-0.2, -0.15) is 0 Å². The second-order valence-corrected chi connectivity index (χ2v) is 16.2. The summed E-state index contributed by atoms with van der Waals surface area (Å²) < 4.78 is 5.23. The molecular formula is C52H33NS2. The molecule has 258 valence electrons. The first-order chi connectivity index (χ1) is 27.3. The van der Waals surface area contributed by atoms with Crippen molar-refractivity contribution in [2.45, 2.75) is 0 Å². The molecule has 2 aromatic heterocycles. The van der Waals surface area contributed by atoms with Gasteiger partial charge in [0.15, 0.2) is 0 Å². The molecule has 1 nitrogen and oxygen atoms in total. The summed E-state index contributed by atoms with van der Waals surface area (Å²) >= 11 is 3.78. The highest BCUT2D eigenvalue weighted by molar-refractivity contribution is 7.27. The van der Waals surface area contributed by atoms with Crippen LogP contribution in [-0.2, 0) is 0 Å². The molecule has 0 saturated heterocycles. The first kappa shape index (κ1) is 32.0. The lowest BCUT2D eigenvalue weighted by Crippen LogP contribution is -2.10. The van der Waals surface area contributed by atoms with Crippen LogP contribution in [0.4, 0.5) is 17.1 Å². The first-order valence-electron chi connectivity index (χ1n) is 18.7. The van der Waals surface area contributed by atoms with Gasteiger partial charge in [-0.1, -0.05) is 158 Å². The van der Waals surface area contributed by atoms with Crippen LogP contribution in [0.3, 0.4) is 0 Å². The lowest BCUT2D eigenvalue weighted by Gasteiger charge is -2.27. The van der Waals surface area contributed by atoms with Gasteiger partial charge in [-0.3, -0.25) is 0 Å². The maximum atomic E-state index is 2.46. The molecule has 0 amide bonds. The molecule has 0 atom stereocenters. The first-order valence-corrected chi connectivity index (χ1v) is 20.3. The van der Waals surface area contributed by atoms with Crippen LogP contribution in [0.2, 0.25) is 0 Å². The maximum Gasteiger partial charge on any atom is 0.0640 e. The Balaban J connectivity index is 1.10. The van der Waals surface area contributed by atoms with E-state index in [4.69, 9.17) is 0 Å². The number of hydrogen-bond donors (Lipinski definition) is 0. The molecule has 0 saturated carbocycles. The Kier molecular flexibility index (Phi) is 7.61. The fraction of sp³-hybridized carbons (Fsp3) is 0. The van der Waals surface area contributed by atoms with Crippen molar-refractivity contribution in [1.29, 1.82) is 0 Å². The minimum atomic E-state index is 1.12. The molecule has 9 aromatic carbocycles. The summed E-state index contributed by atoms with van der Waals surface area (Å²) in [7, 11) is 0. The van der Waals surface area contributed by atoms with Crippen LogP contribution >= 0.6 is 22.7 Å². The van der Waals surface area contributed by atoms with Crippen LogP contribution in [-0.4, -0.2) is 0 Å². The van der Waals surface area contributed by atoms with Crippen molar-refractivity contribution in [1.82, 2.24) is 0 Å². The highest BCUT2D eigenvalue weighted by Crippen LogP contribution is 2.48. The smallest absolute Gasteiger partial charge is 0.0640 e. The van der Waals surface area contributed by atoms with Gasteiger partial charge in [0.25, 0.3) is 0 Å². The molecule has 0 radical (unpaired) electrons. The van der Waals surface area contributed by atoms with Gasteiger partial charge in [0.1, 0.15) is 0 Å². The Morgan fingerprint density at radius 3 is 1.75 bits per heavy atom. The van der Waals surface area contributed by atoms with Crippen molar-refractivity contribution in [3.63, 3.8) is 0 Å². The topological polar surface area (TPSA) is 3.24 Å². The number of fused-ring (bicyclic) bond motifs is 7. The average molecular weight is 736 g/mol. The van der Waals surface area contributed by atoms with E-state index in [-0.39, 0.29) is 0 Å². The number of hydrogen-bond acceptors (Lipinski definition) is 3. The SMILES string of the molecule is c1ccc(-c2cccc3c2sc2c(N(c4ccc(-c5ccc6ccccc6c5)cc4)c4cccc(-c5cccc6c5sc5ccccc56)c4)cccc23)cc1. The van der Waals surface area contributed by atoms with Crippen LogP contribution < -0.4 is 4.90 Å². The van der Waals surface area contributed by atoms with Crippen LogP contribution in [0, 0.1) is 0 Å². The van der Waals surface area contributed by atoms with Crippen LogP contribution in [0.25, 0.3) is 84.5 Å². The van der Waals surface area contributed by atoms with Crippen molar-refractivity contribution in [3.8, 4) is 33.4 Å². The fourth-order valence-electron chi connectivity index (χ4n) is 8.21. The van der Waals surface area contributed by atoms with E-state index < -0.39 is 0 Å². The molecule has 0 spiro atoms. The minimum Gasteiger partial charge on any atom is -0.309 e. The molecule has 0 fully saturated rings. The molecule has 55 heavy (non-hydrogen) atoms. The van der Waals surface area contributed by atoms with Crippen molar-refractivity contribution < 1.29 is 0 Å². The van der Waals surface area contributed by atoms with Crippen molar-refractivity contribution >= 4 is 90.9 Å². The molecule has 0 N–H and O–H groups in total. The summed E-state index contributed by atoms with van der Waals surface area (Å²) in [5, 5.41) is 7.71. The van der Waals surface area contributed by atoms with E-state index in [1.807, 2.05) is 22.7 Å². The zero-order chi connectivity index (χ0) is 36.3. The summed E-state index contributed by atoms with van der Waals surface area (Å²) in [5.41, 5.74) is 10.8. The van der Waals surface area contributed by atoms with E-state index in [9.17, 15) is 0 Å². The normalized spacial score (nSPS) is 11.6. The number of anilines is 3.